The monoisotopic (exact) mass is 348 g/mol. The SMILES string of the molecule is CNCC1CCCN1Cc1ccc(OC)c(Br)c1.Cl. The molecule has 19 heavy (non-hydrogen) atoms. The van der Waals surface area contributed by atoms with Gasteiger partial charge in [-0.05, 0) is 60.1 Å². The molecule has 1 aliphatic heterocycles. The van der Waals surface area contributed by atoms with E-state index in [0.717, 1.165) is 23.3 Å². The first-order valence-electron chi connectivity index (χ1n) is 6.45. The van der Waals surface area contributed by atoms with Gasteiger partial charge >= 0.3 is 0 Å². The van der Waals surface area contributed by atoms with E-state index < -0.39 is 0 Å². The van der Waals surface area contributed by atoms with Crippen molar-refractivity contribution in [3.63, 3.8) is 0 Å². The number of hydrogen-bond donors (Lipinski definition) is 1. The summed E-state index contributed by atoms with van der Waals surface area (Å²) in [5.74, 6) is 0.895. The van der Waals surface area contributed by atoms with E-state index in [2.05, 4.69) is 38.3 Å². The van der Waals surface area contributed by atoms with Crippen LogP contribution in [0.25, 0.3) is 0 Å². The highest BCUT2D eigenvalue weighted by Gasteiger charge is 2.23. The Morgan fingerprint density at radius 1 is 1.47 bits per heavy atom. The molecule has 1 aromatic rings. The summed E-state index contributed by atoms with van der Waals surface area (Å²) in [6.45, 7) is 3.31. The van der Waals surface area contributed by atoms with Crippen molar-refractivity contribution in [1.29, 1.82) is 0 Å². The summed E-state index contributed by atoms with van der Waals surface area (Å²) in [5, 5.41) is 3.28. The number of halogens is 2. The molecule has 1 aromatic carbocycles. The number of hydrogen-bond acceptors (Lipinski definition) is 3. The zero-order chi connectivity index (χ0) is 13.0. The van der Waals surface area contributed by atoms with E-state index >= 15 is 0 Å². The molecule has 1 atom stereocenters. The predicted molar refractivity (Wildman–Crippen MR) is 85.3 cm³/mol. The Hall–Kier alpha value is -0.290. The van der Waals surface area contributed by atoms with Gasteiger partial charge in [-0.25, -0.2) is 0 Å². The van der Waals surface area contributed by atoms with E-state index in [0.29, 0.717) is 6.04 Å². The molecule has 0 saturated carbocycles. The Morgan fingerprint density at radius 3 is 2.89 bits per heavy atom. The number of ether oxygens (including phenoxy) is 1. The summed E-state index contributed by atoms with van der Waals surface area (Å²) < 4.78 is 6.29. The lowest BCUT2D eigenvalue weighted by Crippen LogP contribution is -2.36. The molecule has 0 radical (unpaired) electrons. The summed E-state index contributed by atoms with van der Waals surface area (Å²) in [6.07, 6.45) is 2.61. The molecular formula is C14H22BrClN2O. The van der Waals surface area contributed by atoms with Gasteiger partial charge in [-0.3, -0.25) is 4.90 Å². The predicted octanol–water partition coefficient (Wildman–Crippen LogP) is 3.06. The molecule has 0 spiro atoms. The highest BCUT2D eigenvalue weighted by atomic mass is 79.9. The second-order valence-corrected chi connectivity index (χ2v) is 5.65. The van der Waals surface area contributed by atoms with E-state index in [-0.39, 0.29) is 12.4 Å². The molecule has 0 amide bonds. The van der Waals surface area contributed by atoms with Crippen LogP contribution in [0.3, 0.4) is 0 Å². The Morgan fingerprint density at radius 2 is 2.26 bits per heavy atom. The fraction of sp³-hybridized carbons (Fsp3) is 0.571. The highest BCUT2D eigenvalue weighted by molar-refractivity contribution is 9.10. The Balaban J connectivity index is 0.00000180. The van der Waals surface area contributed by atoms with Crippen LogP contribution in [0, 0.1) is 0 Å². The van der Waals surface area contributed by atoms with Gasteiger partial charge in [-0.1, -0.05) is 6.07 Å². The number of nitrogens with one attached hydrogen (secondary N) is 1. The van der Waals surface area contributed by atoms with Crippen molar-refractivity contribution < 1.29 is 4.74 Å². The van der Waals surface area contributed by atoms with E-state index in [1.807, 2.05) is 13.1 Å². The van der Waals surface area contributed by atoms with Crippen LogP contribution in [0.5, 0.6) is 5.75 Å². The molecule has 5 heteroatoms. The number of nitrogens with zero attached hydrogens (tertiary/aromatic N) is 1. The topological polar surface area (TPSA) is 24.5 Å². The first-order chi connectivity index (χ1) is 8.74. The van der Waals surface area contributed by atoms with Gasteiger partial charge in [0.25, 0.3) is 0 Å². The largest absolute Gasteiger partial charge is 0.496 e. The molecule has 2 rings (SSSR count). The zero-order valence-electron chi connectivity index (χ0n) is 11.5. The van der Waals surface area contributed by atoms with Gasteiger partial charge in [0.1, 0.15) is 5.75 Å². The standard InChI is InChI=1S/C14H21BrN2O.ClH/c1-16-9-12-4-3-7-17(12)10-11-5-6-14(18-2)13(15)8-11;/h5-6,8,12,16H,3-4,7,9-10H2,1-2H3;1H. The third kappa shape index (κ3) is 4.35. The molecule has 1 saturated heterocycles. The lowest BCUT2D eigenvalue weighted by Gasteiger charge is -2.24. The average molecular weight is 350 g/mol. The molecule has 3 nitrogen and oxygen atoms in total. The van der Waals surface area contributed by atoms with Crippen LogP contribution in [-0.4, -0.2) is 38.2 Å². The van der Waals surface area contributed by atoms with Crippen molar-refractivity contribution in [2.24, 2.45) is 0 Å². The van der Waals surface area contributed by atoms with Gasteiger partial charge in [0.15, 0.2) is 0 Å². The number of methoxy groups -OCH3 is 1. The summed E-state index contributed by atoms with van der Waals surface area (Å²) in [6, 6.07) is 7.02. The smallest absolute Gasteiger partial charge is 0.133 e. The van der Waals surface area contributed by atoms with Crippen molar-refractivity contribution in [1.82, 2.24) is 10.2 Å². The van der Waals surface area contributed by atoms with Gasteiger partial charge in [-0.2, -0.15) is 0 Å². The number of likely N-dealkylation sites (N-methyl/N-ethyl adjacent to an activating group) is 1. The minimum atomic E-state index is 0. The van der Waals surface area contributed by atoms with Crippen molar-refractivity contribution in [3.8, 4) is 5.75 Å². The molecule has 0 aromatic heterocycles. The van der Waals surface area contributed by atoms with Crippen molar-refractivity contribution >= 4 is 28.3 Å². The fourth-order valence-electron chi connectivity index (χ4n) is 2.61. The lowest BCUT2D eigenvalue weighted by molar-refractivity contribution is 0.242. The first-order valence-corrected chi connectivity index (χ1v) is 7.25. The molecule has 0 aliphatic carbocycles. The fourth-order valence-corrected chi connectivity index (χ4v) is 3.20. The minimum absolute atomic E-state index is 0. The maximum absolute atomic E-state index is 5.26. The van der Waals surface area contributed by atoms with Crippen LogP contribution in [0.1, 0.15) is 18.4 Å². The molecule has 108 valence electrons. The molecule has 0 bridgehead atoms. The van der Waals surface area contributed by atoms with Crippen LogP contribution in [0.15, 0.2) is 22.7 Å². The molecule has 1 unspecified atom stereocenters. The normalized spacial score (nSPS) is 19.2. The van der Waals surface area contributed by atoms with Crippen LogP contribution in [0.4, 0.5) is 0 Å². The van der Waals surface area contributed by atoms with Crippen molar-refractivity contribution in [2.45, 2.75) is 25.4 Å². The maximum Gasteiger partial charge on any atom is 0.133 e. The van der Waals surface area contributed by atoms with Crippen molar-refractivity contribution in [2.75, 3.05) is 27.2 Å². The van der Waals surface area contributed by atoms with Crippen molar-refractivity contribution in [3.05, 3.63) is 28.2 Å². The third-order valence-corrected chi connectivity index (χ3v) is 4.16. The van der Waals surface area contributed by atoms with E-state index in [9.17, 15) is 0 Å². The molecule has 1 aliphatic rings. The third-order valence-electron chi connectivity index (χ3n) is 3.54. The lowest BCUT2D eigenvalue weighted by atomic mass is 10.1. The second kappa shape index (κ2) is 8.10. The van der Waals surface area contributed by atoms with Gasteiger partial charge in [0.2, 0.25) is 0 Å². The van der Waals surface area contributed by atoms with Crippen LogP contribution in [-0.2, 0) is 6.54 Å². The summed E-state index contributed by atoms with van der Waals surface area (Å²) in [4.78, 5) is 2.56. The molecule has 1 N–H and O–H groups in total. The number of benzene rings is 1. The summed E-state index contributed by atoms with van der Waals surface area (Å²) in [5.41, 5.74) is 1.34. The van der Waals surface area contributed by atoms with Crippen LogP contribution < -0.4 is 10.1 Å². The average Bonchev–Trinajstić information content (AvgIpc) is 2.78. The van der Waals surface area contributed by atoms with Gasteiger partial charge in [0, 0.05) is 19.1 Å². The second-order valence-electron chi connectivity index (χ2n) is 4.79. The zero-order valence-corrected chi connectivity index (χ0v) is 13.9. The van der Waals surface area contributed by atoms with Gasteiger partial charge < -0.3 is 10.1 Å². The summed E-state index contributed by atoms with van der Waals surface area (Å²) >= 11 is 3.55. The van der Waals surface area contributed by atoms with E-state index in [1.54, 1.807) is 7.11 Å². The molecule has 1 heterocycles. The molecular weight excluding hydrogens is 328 g/mol. The quantitative estimate of drug-likeness (QED) is 0.884. The molecule has 1 fully saturated rings. The van der Waals surface area contributed by atoms with Crippen LogP contribution in [0.2, 0.25) is 0 Å². The van der Waals surface area contributed by atoms with Gasteiger partial charge in [0.05, 0.1) is 11.6 Å². The van der Waals surface area contributed by atoms with E-state index in [4.69, 9.17) is 4.74 Å². The maximum atomic E-state index is 5.26. The number of rotatable bonds is 5. The Kier molecular flexibility index (Phi) is 7.15. The summed E-state index contributed by atoms with van der Waals surface area (Å²) in [7, 11) is 3.73. The van der Waals surface area contributed by atoms with Gasteiger partial charge in [-0.15, -0.1) is 12.4 Å². The Bertz CT molecular complexity index is 403. The van der Waals surface area contributed by atoms with Crippen LogP contribution >= 0.6 is 28.3 Å². The number of likely N-dealkylation sites (tertiary alicyclic amines) is 1. The Labute approximate surface area is 130 Å². The first kappa shape index (κ1) is 16.8. The minimum Gasteiger partial charge on any atom is -0.496 e. The highest BCUT2D eigenvalue weighted by Crippen LogP contribution is 2.27. The van der Waals surface area contributed by atoms with E-state index in [1.165, 1.54) is 24.9 Å².